The van der Waals surface area contributed by atoms with Crippen LogP contribution < -0.4 is 14.8 Å². The fourth-order valence-corrected chi connectivity index (χ4v) is 3.48. The second kappa shape index (κ2) is 9.72. The van der Waals surface area contributed by atoms with E-state index in [2.05, 4.69) is 10.1 Å². The van der Waals surface area contributed by atoms with Gasteiger partial charge in [-0.2, -0.15) is 0 Å². The molecule has 0 saturated heterocycles. The van der Waals surface area contributed by atoms with Gasteiger partial charge in [0.25, 0.3) is 5.91 Å². The van der Waals surface area contributed by atoms with Crippen LogP contribution in [-0.2, 0) is 4.79 Å². The number of alkyl halides is 3. The Balaban J connectivity index is 1.70. The summed E-state index contributed by atoms with van der Waals surface area (Å²) in [6, 6.07) is 10.5. The third kappa shape index (κ3) is 7.13. The van der Waals surface area contributed by atoms with Gasteiger partial charge in [0.15, 0.2) is 0 Å². The summed E-state index contributed by atoms with van der Waals surface area (Å²) in [5.41, 5.74) is 1.53. The standard InChI is InChI=1S/C24H27F3N2O4/c1-23(2,3)15-21(30)28-10-11-29-12-13-32-20-9-6-17(14-19(20)22(29)31)16-4-7-18(8-5-16)33-24(25,26)27/h4-9,14H,10-13,15H2,1-3H3,(H,28,30). The van der Waals surface area contributed by atoms with E-state index in [0.717, 1.165) is 0 Å². The lowest BCUT2D eigenvalue weighted by molar-refractivity contribution is -0.274. The lowest BCUT2D eigenvalue weighted by atomic mass is 9.92. The first-order valence-electron chi connectivity index (χ1n) is 10.6. The van der Waals surface area contributed by atoms with E-state index in [1.54, 1.807) is 23.1 Å². The van der Waals surface area contributed by atoms with Crippen molar-refractivity contribution in [3.63, 3.8) is 0 Å². The molecule has 1 aliphatic heterocycles. The van der Waals surface area contributed by atoms with Crippen molar-refractivity contribution in [2.24, 2.45) is 5.41 Å². The molecule has 3 rings (SSSR count). The number of nitrogens with one attached hydrogen (secondary N) is 1. The smallest absolute Gasteiger partial charge is 0.491 e. The molecule has 9 heteroatoms. The summed E-state index contributed by atoms with van der Waals surface area (Å²) >= 11 is 0. The summed E-state index contributed by atoms with van der Waals surface area (Å²) in [4.78, 5) is 26.8. The number of hydrogen-bond acceptors (Lipinski definition) is 4. The summed E-state index contributed by atoms with van der Waals surface area (Å²) < 4.78 is 46.7. The van der Waals surface area contributed by atoms with Crippen LogP contribution in [0.25, 0.3) is 11.1 Å². The zero-order valence-electron chi connectivity index (χ0n) is 18.8. The van der Waals surface area contributed by atoms with Crippen molar-refractivity contribution in [2.75, 3.05) is 26.2 Å². The first kappa shape index (κ1) is 24.4. The van der Waals surface area contributed by atoms with Crippen LogP contribution >= 0.6 is 0 Å². The largest absolute Gasteiger partial charge is 0.573 e. The first-order valence-corrected chi connectivity index (χ1v) is 10.6. The molecule has 2 aromatic rings. The molecule has 33 heavy (non-hydrogen) atoms. The molecule has 1 N–H and O–H groups in total. The van der Waals surface area contributed by atoms with Crippen LogP contribution in [0, 0.1) is 5.41 Å². The SMILES string of the molecule is CC(C)(C)CC(=O)NCCN1CCOc2ccc(-c3ccc(OC(F)(F)F)cc3)cc2C1=O. The normalized spacial score (nSPS) is 14.2. The number of carbonyl (C=O) groups excluding carboxylic acids is 2. The van der Waals surface area contributed by atoms with Gasteiger partial charge in [0.05, 0.1) is 12.1 Å². The van der Waals surface area contributed by atoms with Gasteiger partial charge < -0.3 is 19.7 Å². The quantitative estimate of drug-likeness (QED) is 0.677. The molecular weight excluding hydrogens is 437 g/mol. The highest BCUT2D eigenvalue weighted by Gasteiger charge is 2.31. The van der Waals surface area contributed by atoms with Crippen LogP contribution in [-0.4, -0.2) is 49.3 Å². The Morgan fingerprint density at radius 2 is 1.76 bits per heavy atom. The third-order valence-electron chi connectivity index (χ3n) is 4.93. The predicted octanol–water partition coefficient (Wildman–Crippen LogP) is 4.64. The van der Waals surface area contributed by atoms with Crippen LogP contribution in [0.2, 0.25) is 0 Å². The second-order valence-corrected chi connectivity index (χ2v) is 9.01. The minimum atomic E-state index is -4.76. The van der Waals surface area contributed by atoms with Crippen molar-refractivity contribution in [1.82, 2.24) is 10.2 Å². The van der Waals surface area contributed by atoms with Crippen LogP contribution in [0.3, 0.4) is 0 Å². The molecule has 0 bridgehead atoms. The van der Waals surface area contributed by atoms with E-state index >= 15 is 0 Å². The highest BCUT2D eigenvalue weighted by molar-refractivity contribution is 5.98. The Bertz CT molecular complexity index is 998. The molecule has 1 heterocycles. The maximum absolute atomic E-state index is 13.1. The van der Waals surface area contributed by atoms with Gasteiger partial charge in [-0.1, -0.05) is 39.0 Å². The molecule has 0 fully saturated rings. The minimum absolute atomic E-state index is 0.0679. The lowest BCUT2D eigenvalue weighted by Crippen LogP contribution is -2.40. The highest BCUT2D eigenvalue weighted by Crippen LogP contribution is 2.31. The first-order chi connectivity index (χ1) is 15.4. The van der Waals surface area contributed by atoms with E-state index in [-0.39, 0.29) is 23.0 Å². The fourth-order valence-electron chi connectivity index (χ4n) is 3.48. The van der Waals surface area contributed by atoms with Crippen molar-refractivity contribution in [3.05, 3.63) is 48.0 Å². The number of fused-ring (bicyclic) bond motifs is 1. The fraction of sp³-hybridized carbons (Fsp3) is 0.417. The van der Waals surface area contributed by atoms with Gasteiger partial charge in [-0.25, -0.2) is 0 Å². The van der Waals surface area contributed by atoms with Crippen molar-refractivity contribution in [2.45, 2.75) is 33.6 Å². The van der Waals surface area contributed by atoms with Crippen molar-refractivity contribution in [3.8, 4) is 22.6 Å². The maximum atomic E-state index is 13.1. The zero-order valence-corrected chi connectivity index (χ0v) is 18.8. The average Bonchev–Trinajstić information content (AvgIpc) is 2.85. The number of halogens is 3. The number of nitrogens with zero attached hydrogens (tertiary/aromatic N) is 1. The average molecular weight is 464 g/mol. The van der Waals surface area contributed by atoms with E-state index in [1.807, 2.05) is 20.8 Å². The predicted molar refractivity (Wildman–Crippen MR) is 117 cm³/mol. The molecular formula is C24H27F3N2O4. The molecule has 0 atom stereocenters. The van der Waals surface area contributed by atoms with Crippen LogP contribution in [0.1, 0.15) is 37.6 Å². The van der Waals surface area contributed by atoms with Gasteiger partial charge >= 0.3 is 6.36 Å². The van der Waals surface area contributed by atoms with Crippen LogP contribution in [0.4, 0.5) is 13.2 Å². The van der Waals surface area contributed by atoms with E-state index in [9.17, 15) is 22.8 Å². The minimum Gasteiger partial charge on any atom is -0.491 e. The summed E-state index contributed by atoms with van der Waals surface area (Å²) in [6.45, 7) is 7.30. The Hall–Kier alpha value is -3.23. The number of hydrogen-bond donors (Lipinski definition) is 1. The molecule has 2 amide bonds. The monoisotopic (exact) mass is 464 g/mol. The molecule has 0 aromatic heterocycles. The summed E-state index contributed by atoms with van der Waals surface area (Å²) in [6.07, 6.45) is -4.37. The summed E-state index contributed by atoms with van der Waals surface area (Å²) in [7, 11) is 0. The topological polar surface area (TPSA) is 67.9 Å². The number of rotatable bonds is 6. The molecule has 2 aromatic carbocycles. The number of benzene rings is 2. The molecule has 0 aliphatic carbocycles. The van der Waals surface area contributed by atoms with E-state index < -0.39 is 6.36 Å². The number of amides is 2. The maximum Gasteiger partial charge on any atom is 0.573 e. The number of ether oxygens (including phenoxy) is 2. The van der Waals surface area contributed by atoms with Crippen molar-refractivity contribution >= 4 is 11.8 Å². The Morgan fingerprint density at radius 1 is 1.09 bits per heavy atom. The molecule has 178 valence electrons. The summed E-state index contributed by atoms with van der Waals surface area (Å²) in [5.74, 6) is -0.173. The van der Waals surface area contributed by atoms with Gasteiger partial charge in [-0.3, -0.25) is 9.59 Å². The van der Waals surface area contributed by atoms with E-state index in [4.69, 9.17) is 4.74 Å². The van der Waals surface area contributed by atoms with Gasteiger partial charge in [0.2, 0.25) is 5.91 Å². The highest BCUT2D eigenvalue weighted by atomic mass is 19.4. The molecule has 0 radical (unpaired) electrons. The second-order valence-electron chi connectivity index (χ2n) is 9.01. The number of carbonyl (C=O) groups is 2. The molecule has 6 nitrogen and oxygen atoms in total. The Morgan fingerprint density at radius 3 is 2.39 bits per heavy atom. The van der Waals surface area contributed by atoms with Gasteiger partial charge in [0.1, 0.15) is 18.1 Å². The van der Waals surface area contributed by atoms with Crippen molar-refractivity contribution in [1.29, 1.82) is 0 Å². The van der Waals surface area contributed by atoms with E-state index in [0.29, 0.717) is 55.1 Å². The zero-order chi connectivity index (χ0) is 24.2. The Labute approximate surface area is 190 Å². The van der Waals surface area contributed by atoms with Crippen molar-refractivity contribution < 1.29 is 32.2 Å². The molecule has 0 unspecified atom stereocenters. The summed E-state index contributed by atoms with van der Waals surface area (Å²) in [5, 5.41) is 2.84. The Kier molecular flexibility index (Phi) is 7.19. The molecule has 1 aliphatic rings. The lowest BCUT2D eigenvalue weighted by Gasteiger charge is -2.21. The van der Waals surface area contributed by atoms with Crippen LogP contribution in [0.15, 0.2) is 42.5 Å². The van der Waals surface area contributed by atoms with Crippen LogP contribution in [0.5, 0.6) is 11.5 Å². The van der Waals surface area contributed by atoms with Gasteiger partial charge in [-0.15, -0.1) is 13.2 Å². The molecule has 0 saturated carbocycles. The van der Waals surface area contributed by atoms with E-state index in [1.165, 1.54) is 24.3 Å². The molecule has 0 spiro atoms. The van der Waals surface area contributed by atoms with Gasteiger partial charge in [-0.05, 0) is 40.8 Å². The van der Waals surface area contributed by atoms with Gasteiger partial charge in [0, 0.05) is 19.5 Å². The third-order valence-corrected chi connectivity index (χ3v) is 4.93.